The highest BCUT2D eigenvalue weighted by atomic mass is 16.3. The number of carbonyl (C=O) groups is 2. The summed E-state index contributed by atoms with van der Waals surface area (Å²) in [5.74, 6) is 0.491. The molecule has 0 saturated heterocycles. The number of hydrogen-bond donors (Lipinski definition) is 3. The van der Waals surface area contributed by atoms with Crippen LogP contribution in [0.2, 0.25) is 0 Å². The van der Waals surface area contributed by atoms with E-state index in [4.69, 9.17) is 5.73 Å². The molecule has 38 heavy (non-hydrogen) atoms. The summed E-state index contributed by atoms with van der Waals surface area (Å²) in [7, 11) is 0. The number of nitrogens with two attached hydrogens (primary N) is 1. The lowest BCUT2D eigenvalue weighted by Gasteiger charge is -2.35. The minimum atomic E-state index is -0.718. The number of fused-ring (bicyclic) bond motifs is 2. The normalized spacial score (nSPS) is 19.0. The Kier molecular flexibility index (Phi) is 7.26. The number of rotatable bonds is 6. The predicted molar refractivity (Wildman–Crippen MR) is 150 cm³/mol. The Balaban J connectivity index is 1.36. The van der Waals surface area contributed by atoms with Crippen LogP contribution >= 0.6 is 0 Å². The summed E-state index contributed by atoms with van der Waals surface area (Å²) in [5, 5.41) is 13.0. The second-order valence-corrected chi connectivity index (χ2v) is 10.9. The van der Waals surface area contributed by atoms with E-state index >= 15 is 0 Å². The third-order valence-corrected chi connectivity index (χ3v) is 8.28. The van der Waals surface area contributed by atoms with Crippen molar-refractivity contribution in [1.29, 1.82) is 0 Å². The number of phenols is 1. The smallest absolute Gasteiger partial charge is 0.237 e. The predicted octanol–water partition coefficient (Wildman–Crippen LogP) is 4.77. The first-order valence-corrected chi connectivity index (χ1v) is 13.5. The maximum Gasteiger partial charge on any atom is 0.237 e. The van der Waals surface area contributed by atoms with Gasteiger partial charge in [-0.05, 0) is 109 Å². The molecule has 0 radical (unpaired) electrons. The molecule has 1 aliphatic heterocycles. The molecular formula is C32H37N3O3. The molecule has 1 aliphatic carbocycles. The first-order valence-electron chi connectivity index (χ1n) is 13.5. The molecule has 6 heteroatoms. The summed E-state index contributed by atoms with van der Waals surface area (Å²) in [5.41, 5.74) is 15.1. The zero-order chi connectivity index (χ0) is 27.0. The topological polar surface area (TPSA) is 95.7 Å². The number of amides is 2. The van der Waals surface area contributed by atoms with Crippen molar-refractivity contribution in [1.82, 2.24) is 5.32 Å². The number of anilines is 1. The van der Waals surface area contributed by atoms with Gasteiger partial charge < -0.3 is 21.1 Å². The van der Waals surface area contributed by atoms with Crippen molar-refractivity contribution in [3.8, 4) is 5.75 Å². The van der Waals surface area contributed by atoms with Crippen LogP contribution in [0.15, 0.2) is 54.6 Å². The Morgan fingerprint density at radius 2 is 1.79 bits per heavy atom. The molecule has 6 nitrogen and oxygen atoms in total. The third kappa shape index (κ3) is 5.18. The van der Waals surface area contributed by atoms with Crippen molar-refractivity contribution in [3.63, 3.8) is 0 Å². The van der Waals surface area contributed by atoms with Gasteiger partial charge >= 0.3 is 0 Å². The van der Waals surface area contributed by atoms with Crippen molar-refractivity contribution in [3.05, 3.63) is 93.5 Å². The quantitative estimate of drug-likeness (QED) is 0.444. The van der Waals surface area contributed by atoms with Gasteiger partial charge in [0, 0.05) is 19.2 Å². The molecule has 198 valence electrons. The van der Waals surface area contributed by atoms with E-state index in [9.17, 15) is 14.7 Å². The van der Waals surface area contributed by atoms with Gasteiger partial charge in [0.15, 0.2) is 0 Å². The summed E-state index contributed by atoms with van der Waals surface area (Å²) in [6.45, 7) is 5.98. The SMILES string of the molecule is CC(=O)N1CC[C@@H](NC(=O)[C@@H](N)Cc2c(C)cc(O)cc2C)c2cc(CC3CCc4ccccc43)ccc21. The average molecular weight is 512 g/mol. The van der Waals surface area contributed by atoms with E-state index in [0.717, 1.165) is 47.2 Å². The number of benzene rings is 3. The Morgan fingerprint density at radius 1 is 1.05 bits per heavy atom. The van der Waals surface area contributed by atoms with E-state index in [-0.39, 0.29) is 23.6 Å². The number of carbonyl (C=O) groups excluding carboxylic acids is 2. The molecule has 1 unspecified atom stereocenters. The highest BCUT2D eigenvalue weighted by molar-refractivity contribution is 5.93. The van der Waals surface area contributed by atoms with E-state index in [0.29, 0.717) is 25.3 Å². The van der Waals surface area contributed by atoms with Crippen LogP contribution < -0.4 is 16.0 Å². The van der Waals surface area contributed by atoms with Crippen LogP contribution in [0.25, 0.3) is 0 Å². The van der Waals surface area contributed by atoms with Gasteiger partial charge in [-0.3, -0.25) is 9.59 Å². The monoisotopic (exact) mass is 511 g/mol. The molecule has 3 aromatic carbocycles. The van der Waals surface area contributed by atoms with Gasteiger partial charge in [-0.15, -0.1) is 0 Å². The average Bonchev–Trinajstić information content (AvgIpc) is 3.28. The molecule has 2 amide bonds. The number of aryl methyl sites for hydroxylation is 3. The Labute approximate surface area is 224 Å². The molecular weight excluding hydrogens is 474 g/mol. The summed E-state index contributed by atoms with van der Waals surface area (Å²) in [6, 6.07) is 17.5. The minimum absolute atomic E-state index is 0.00322. The maximum absolute atomic E-state index is 13.3. The lowest BCUT2D eigenvalue weighted by Crippen LogP contribution is -2.46. The Morgan fingerprint density at radius 3 is 2.53 bits per heavy atom. The fourth-order valence-corrected chi connectivity index (χ4v) is 6.29. The van der Waals surface area contributed by atoms with E-state index in [1.165, 1.54) is 16.7 Å². The molecule has 3 atom stereocenters. The summed E-state index contributed by atoms with van der Waals surface area (Å²) in [6.07, 6.45) is 4.22. The lowest BCUT2D eigenvalue weighted by molar-refractivity contribution is -0.123. The fourth-order valence-electron chi connectivity index (χ4n) is 6.29. The van der Waals surface area contributed by atoms with Crippen LogP contribution in [0.1, 0.15) is 70.7 Å². The summed E-state index contributed by atoms with van der Waals surface area (Å²) < 4.78 is 0. The largest absolute Gasteiger partial charge is 0.508 e. The molecule has 5 rings (SSSR count). The summed E-state index contributed by atoms with van der Waals surface area (Å²) >= 11 is 0. The zero-order valence-electron chi connectivity index (χ0n) is 22.5. The number of nitrogens with zero attached hydrogens (tertiary/aromatic N) is 1. The lowest BCUT2D eigenvalue weighted by atomic mass is 9.89. The van der Waals surface area contributed by atoms with Crippen LogP contribution in [-0.2, 0) is 28.9 Å². The maximum atomic E-state index is 13.3. The van der Waals surface area contributed by atoms with Crippen molar-refractivity contribution in [2.24, 2.45) is 5.73 Å². The van der Waals surface area contributed by atoms with Crippen molar-refractivity contribution < 1.29 is 14.7 Å². The van der Waals surface area contributed by atoms with Gasteiger partial charge in [-0.25, -0.2) is 0 Å². The van der Waals surface area contributed by atoms with Gasteiger partial charge in [0.05, 0.1) is 12.1 Å². The van der Waals surface area contributed by atoms with E-state index in [1.54, 1.807) is 24.0 Å². The molecule has 1 heterocycles. The summed E-state index contributed by atoms with van der Waals surface area (Å²) in [4.78, 5) is 27.5. The molecule has 4 N–H and O–H groups in total. The fraction of sp³-hybridized carbons (Fsp3) is 0.375. The highest BCUT2D eigenvalue weighted by Crippen LogP contribution is 2.39. The molecule has 0 bridgehead atoms. The molecule has 0 fully saturated rings. The third-order valence-electron chi connectivity index (χ3n) is 8.28. The van der Waals surface area contributed by atoms with Crippen LogP contribution in [0, 0.1) is 13.8 Å². The van der Waals surface area contributed by atoms with Crippen LogP contribution in [0.3, 0.4) is 0 Å². The van der Waals surface area contributed by atoms with Crippen molar-refractivity contribution >= 4 is 17.5 Å². The number of phenolic OH excluding ortho intramolecular Hbond substituents is 1. The first kappa shape index (κ1) is 26.0. The van der Waals surface area contributed by atoms with Gasteiger partial charge in [-0.1, -0.05) is 36.4 Å². The molecule has 3 aromatic rings. The first-order chi connectivity index (χ1) is 18.2. The van der Waals surface area contributed by atoms with Crippen LogP contribution in [0.5, 0.6) is 5.75 Å². The highest BCUT2D eigenvalue weighted by Gasteiger charge is 2.31. The van der Waals surface area contributed by atoms with Gasteiger partial charge in [-0.2, -0.15) is 0 Å². The molecule has 0 saturated carbocycles. The van der Waals surface area contributed by atoms with Crippen LogP contribution in [-0.4, -0.2) is 29.5 Å². The van der Waals surface area contributed by atoms with Crippen molar-refractivity contribution in [2.45, 2.75) is 70.9 Å². The van der Waals surface area contributed by atoms with E-state index in [1.807, 2.05) is 19.9 Å². The Bertz CT molecular complexity index is 1360. The Hall–Kier alpha value is -3.64. The van der Waals surface area contributed by atoms with Crippen molar-refractivity contribution in [2.75, 3.05) is 11.4 Å². The number of aromatic hydroxyl groups is 1. The van der Waals surface area contributed by atoms with Crippen LogP contribution in [0.4, 0.5) is 5.69 Å². The number of hydrogen-bond acceptors (Lipinski definition) is 4. The molecule has 0 spiro atoms. The molecule has 0 aromatic heterocycles. The van der Waals surface area contributed by atoms with Gasteiger partial charge in [0.25, 0.3) is 0 Å². The van der Waals surface area contributed by atoms with Gasteiger partial charge in [0.1, 0.15) is 5.75 Å². The van der Waals surface area contributed by atoms with Gasteiger partial charge in [0.2, 0.25) is 11.8 Å². The zero-order valence-corrected chi connectivity index (χ0v) is 22.5. The minimum Gasteiger partial charge on any atom is -0.508 e. The number of nitrogens with one attached hydrogen (secondary N) is 1. The standard InChI is InChI=1S/C32H37N3O3/c1-19-14-25(37)15-20(2)27(19)18-29(33)32(38)34-30-12-13-35(21(3)36)31-11-8-22(17-28(30)31)16-24-10-9-23-6-4-5-7-26(23)24/h4-8,11,14-15,17,24,29-30,37H,9-10,12-13,16,18,33H2,1-3H3,(H,34,38)/t24?,29-,30+/m0/s1. The van der Waals surface area contributed by atoms with E-state index < -0.39 is 6.04 Å². The second-order valence-electron chi connectivity index (χ2n) is 10.9. The molecule has 2 aliphatic rings. The second kappa shape index (κ2) is 10.6. The van der Waals surface area contributed by atoms with E-state index in [2.05, 4.69) is 41.7 Å².